The fourth-order valence-corrected chi connectivity index (χ4v) is 4.27. The maximum Gasteiger partial charge on any atom is 0.323 e. The van der Waals surface area contributed by atoms with E-state index in [1.54, 1.807) is 6.20 Å². The van der Waals surface area contributed by atoms with Crippen molar-refractivity contribution < 1.29 is 4.74 Å². The highest BCUT2D eigenvalue weighted by molar-refractivity contribution is 9.09. The first-order valence-corrected chi connectivity index (χ1v) is 8.67. The topological polar surface area (TPSA) is 70.8 Å². The number of aromatic amines is 2. The quantitative estimate of drug-likeness (QED) is 0.640. The van der Waals surface area contributed by atoms with E-state index in [1.165, 1.54) is 5.56 Å². The van der Waals surface area contributed by atoms with Gasteiger partial charge in [0.2, 0.25) is 0 Å². The van der Waals surface area contributed by atoms with Crippen LogP contribution in [0.15, 0.2) is 29.2 Å². The molecule has 3 heterocycles. The third kappa shape index (κ3) is 2.23. The van der Waals surface area contributed by atoms with Crippen molar-refractivity contribution in [2.45, 2.75) is 30.7 Å². The number of ether oxygens (including phenoxy) is 1. The van der Waals surface area contributed by atoms with Crippen LogP contribution in [0.1, 0.15) is 25.8 Å². The number of pyridine rings is 1. The van der Waals surface area contributed by atoms with Crippen LogP contribution in [0.3, 0.4) is 0 Å². The normalized spacial score (nSPS) is 28.5. The zero-order valence-corrected chi connectivity index (χ0v) is 14.6. The van der Waals surface area contributed by atoms with Crippen LogP contribution in [0.2, 0.25) is 0 Å². The maximum atomic E-state index is 11.6. The minimum absolute atomic E-state index is 0.0133. The molecule has 2 aromatic heterocycles. The average Bonchev–Trinajstić information content (AvgIpc) is 2.93. The molecule has 23 heavy (non-hydrogen) atoms. The number of imidazole rings is 1. The average molecular weight is 376 g/mol. The molecule has 1 fully saturated rings. The van der Waals surface area contributed by atoms with Crippen molar-refractivity contribution in [1.82, 2.24) is 15.0 Å². The fraction of sp³-hybridized carbons (Fsp3) is 0.412. The van der Waals surface area contributed by atoms with Crippen LogP contribution in [0, 0.1) is 5.92 Å². The molecule has 0 spiro atoms. The summed E-state index contributed by atoms with van der Waals surface area (Å²) in [4.78, 5) is 21.7. The van der Waals surface area contributed by atoms with Crippen LogP contribution in [0.5, 0.6) is 0 Å². The number of alkyl halides is 1. The summed E-state index contributed by atoms with van der Waals surface area (Å²) in [6, 6.07) is 6.34. The van der Waals surface area contributed by atoms with Crippen LogP contribution >= 0.6 is 15.9 Å². The minimum atomic E-state index is -0.203. The number of hydrogen-bond acceptors (Lipinski definition) is 3. The van der Waals surface area contributed by atoms with Crippen molar-refractivity contribution in [1.29, 1.82) is 0 Å². The summed E-state index contributed by atoms with van der Waals surface area (Å²) in [6.07, 6.45) is 2.66. The smallest absolute Gasteiger partial charge is 0.323 e. The highest BCUT2D eigenvalue weighted by atomic mass is 79.9. The first kappa shape index (κ1) is 14.9. The van der Waals surface area contributed by atoms with Gasteiger partial charge < -0.3 is 14.7 Å². The molecule has 0 amide bonds. The molecule has 0 bridgehead atoms. The third-order valence-electron chi connectivity index (χ3n) is 5.31. The van der Waals surface area contributed by atoms with Crippen LogP contribution < -0.4 is 5.69 Å². The van der Waals surface area contributed by atoms with Crippen LogP contribution in [0.4, 0.5) is 0 Å². The zero-order valence-electron chi connectivity index (χ0n) is 13.0. The predicted octanol–water partition coefficient (Wildman–Crippen LogP) is 3.44. The number of aromatic nitrogens is 3. The predicted molar refractivity (Wildman–Crippen MR) is 94.0 cm³/mol. The van der Waals surface area contributed by atoms with Gasteiger partial charge in [0.15, 0.2) is 0 Å². The van der Waals surface area contributed by atoms with Gasteiger partial charge in [-0.25, -0.2) is 4.79 Å². The monoisotopic (exact) mass is 375 g/mol. The van der Waals surface area contributed by atoms with E-state index in [2.05, 4.69) is 56.9 Å². The van der Waals surface area contributed by atoms with E-state index in [0.717, 1.165) is 35.0 Å². The van der Waals surface area contributed by atoms with Gasteiger partial charge in [-0.05, 0) is 24.1 Å². The Hall–Kier alpha value is -1.66. The molecular weight excluding hydrogens is 358 g/mol. The van der Waals surface area contributed by atoms with Crippen molar-refractivity contribution in [3.8, 4) is 0 Å². The summed E-state index contributed by atoms with van der Waals surface area (Å²) in [5.74, 6) is 0.339. The van der Waals surface area contributed by atoms with E-state index in [0.29, 0.717) is 5.92 Å². The Morgan fingerprint density at radius 2 is 2.22 bits per heavy atom. The largest absolute Gasteiger partial charge is 0.367 e. The molecule has 0 aliphatic carbocycles. The molecule has 3 aromatic rings. The summed E-state index contributed by atoms with van der Waals surface area (Å²) >= 11 is 3.63. The van der Waals surface area contributed by atoms with Gasteiger partial charge in [0.25, 0.3) is 0 Å². The fourth-order valence-electron chi connectivity index (χ4n) is 3.50. The maximum absolute atomic E-state index is 11.6. The van der Waals surface area contributed by atoms with Crippen molar-refractivity contribution in [3.05, 3.63) is 40.4 Å². The lowest BCUT2D eigenvalue weighted by atomic mass is 9.69. The molecule has 1 aromatic carbocycles. The van der Waals surface area contributed by atoms with E-state index in [9.17, 15) is 4.79 Å². The number of nitrogens with zero attached hydrogens (tertiary/aromatic N) is 1. The second kappa shape index (κ2) is 5.18. The second-order valence-electron chi connectivity index (χ2n) is 6.54. The van der Waals surface area contributed by atoms with Crippen molar-refractivity contribution >= 4 is 37.9 Å². The van der Waals surface area contributed by atoms with E-state index in [-0.39, 0.29) is 16.1 Å². The summed E-state index contributed by atoms with van der Waals surface area (Å²) in [7, 11) is 0. The van der Waals surface area contributed by atoms with Gasteiger partial charge in [-0.3, -0.25) is 4.98 Å². The van der Waals surface area contributed by atoms with Crippen molar-refractivity contribution in [2.75, 3.05) is 6.61 Å². The standard InChI is InChI=1S/C17H18BrN3O2/c1-9-15(18)23-6-5-17(9,2)10-3-4-12-11(7-10)14-13(8-19-12)20-16(22)21-14/h3-4,7-9,15H,5-6H2,1-2H3,(H2,20,21,22). The molecule has 3 atom stereocenters. The van der Waals surface area contributed by atoms with E-state index in [1.807, 2.05) is 6.07 Å². The van der Waals surface area contributed by atoms with Gasteiger partial charge in [-0.2, -0.15) is 0 Å². The highest BCUT2D eigenvalue weighted by Crippen LogP contribution is 2.43. The van der Waals surface area contributed by atoms with Gasteiger partial charge in [0.05, 0.1) is 22.7 Å². The van der Waals surface area contributed by atoms with Gasteiger partial charge in [0, 0.05) is 23.3 Å². The van der Waals surface area contributed by atoms with E-state index < -0.39 is 0 Å². The Kier molecular flexibility index (Phi) is 3.35. The van der Waals surface area contributed by atoms with Crippen LogP contribution in [-0.2, 0) is 10.2 Å². The molecule has 4 rings (SSSR count). The summed E-state index contributed by atoms with van der Waals surface area (Å²) in [6.45, 7) is 5.22. The molecule has 120 valence electrons. The lowest BCUT2D eigenvalue weighted by Crippen LogP contribution is -2.42. The Labute approximate surface area is 141 Å². The number of fused-ring (bicyclic) bond motifs is 3. The molecule has 6 heteroatoms. The first-order chi connectivity index (χ1) is 11.0. The lowest BCUT2D eigenvalue weighted by Gasteiger charge is -2.43. The molecule has 1 aliphatic rings. The summed E-state index contributed by atoms with van der Waals surface area (Å²) in [5, 5.41) is 1.03. The lowest BCUT2D eigenvalue weighted by molar-refractivity contribution is -0.00553. The Morgan fingerprint density at radius 3 is 3.04 bits per heavy atom. The number of H-pyrrole nitrogens is 2. The molecule has 5 nitrogen and oxygen atoms in total. The Morgan fingerprint density at radius 1 is 1.39 bits per heavy atom. The van der Waals surface area contributed by atoms with Crippen LogP contribution in [-0.4, -0.2) is 26.6 Å². The number of halogens is 1. The molecule has 1 saturated heterocycles. The van der Waals surface area contributed by atoms with Gasteiger partial charge in [0.1, 0.15) is 5.01 Å². The molecule has 0 radical (unpaired) electrons. The van der Waals surface area contributed by atoms with E-state index in [4.69, 9.17) is 4.74 Å². The summed E-state index contributed by atoms with van der Waals surface area (Å²) in [5.41, 5.74) is 3.51. The molecule has 2 N–H and O–H groups in total. The van der Waals surface area contributed by atoms with Gasteiger partial charge in [-0.15, -0.1) is 0 Å². The van der Waals surface area contributed by atoms with Crippen molar-refractivity contribution in [3.63, 3.8) is 0 Å². The first-order valence-electron chi connectivity index (χ1n) is 7.76. The number of hydrogen-bond donors (Lipinski definition) is 2. The third-order valence-corrected chi connectivity index (χ3v) is 6.37. The van der Waals surface area contributed by atoms with Crippen molar-refractivity contribution in [2.24, 2.45) is 5.92 Å². The van der Waals surface area contributed by atoms with Gasteiger partial charge >= 0.3 is 5.69 Å². The molecule has 1 aliphatic heterocycles. The number of nitrogens with one attached hydrogen (secondary N) is 2. The second-order valence-corrected chi connectivity index (χ2v) is 7.44. The molecule has 3 unspecified atom stereocenters. The number of rotatable bonds is 1. The van der Waals surface area contributed by atoms with E-state index >= 15 is 0 Å². The zero-order chi connectivity index (χ0) is 16.2. The Bertz CT molecular complexity index is 948. The summed E-state index contributed by atoms with van der Waals surface area (Å²) < 4.78 is 5.72. The Balaban J connectivity index is 1.94. The molecule has 0 saturated carbocycles. The SMILES string of the molecule is CC1C(Br)OCCC1(C)c1ccc2ncc3[nH]c(=O)[nH]c3c2c1. The highest BCUT2D eigenvalue weighted by Gasteiger charge is 2.40. The van der Waals surface area contributed by atoms with Gasteiger partial charge in [-0.1, -0.05) is 35.8 Å². The van der Waals surface area contributed by atoms with Crippen LogP contribution in [0.25, 0.3) is 21.9 Å². The number of benzene rings is 1. The molecular formula is C17H18BrN3O2. The minimum Gasteiger partial charge on any atom is -0.367 e.